The van der Waals surface area contributed by atoms with Crippen LogP contribution in [0.1, 0.15) is 6.92 Å². The van der Waals surface area contributed by atoms with Crippen molar-refractivity contribution in [3.8, 4) is 5.75 Å². The van der Waals surface area contributed by atoms with Gasteiger partial charge in [0.2, 0.25) is 0 Å². The number of nitrogens with zero attached hydrogens (tertiary/aromatic N) is 2. The first kappa shape index (κ1) is 16.2. The van der Waals surface area contributed by atoms with Gasteiger partial charge in [0.1, 0.15) is 12.4 Å². The normalized spacial score (nSPS) is 12.2. The minimum absolute atomic E-state index is 0.0527. The van der Waals surface area contributed by atoms with Crippen molar-refractivity contribution in [2.24, 2.45) is 0 Å². The zero-order valence-corrected chi connectivity index (χ0v) is 13.7. The molecule has 0 spiro atoms. The minimum Gasteiger partial charge on any atom is -0.492 e. The minimum atomic E-state index is -0.0527. The van der Waals surface area contributed by atoms with E-state index in [1.165, 1.54) is 4.68 Å². The maximum absolute atomic E-state index is 12.4. The molecule has 0 saturated carbocycles. The SMILES string of the molecule is C[C@H](COc1ccccc1)NCCn1ncc2ccccc2c1=O. The largest absolute Gasteiger partial charge is 0.492 e. The third-order valence-electron chi connectivity index (χ3n) is 3.82. The van der Waals surface area contributed by atoms with Crippen LogP contribution in [0.15, 0.2) is 65.6 Å². The van der Waals surface area contributed by atoms with Crippen molar-refractivity contribution < 1.29 is 4.74 Å². The lowest BCUT2D eigenvalue weighted by Gasteiger charge is -2.15. The van der Waals surface area contributed by atoms with Gasteiger partial charge in [-0.15, -0.1) is 0 Å². The molecule has 3 aromatic rings. The van der Waals surface area contributed by atoms with E-state index >= 15 is 0 Å². The van der Waals surface area contributed by atoms with Crippen LogP contribution in [-0.2, 0) is 6.54 Å². The number of fused-ring (bicyclic) bond motifs is 1. The van der Waals surface area contributed by atoms with Gasteiger partial charge in [0, 0.05) is 18.0 Å². The number of hydrogen-bond acceptors (Lipinski definition) is 4. The van der Waals surface area contributed by atoms with E-state index in [1.54, 1.807) is 6.20 Å². The smallest absolute Gasteiger partial charge is 0.274 e. The van der Waals surface area contributed by atoms with E-state index in [2.05, 4.69) is 17.3 Å². The number of aromatic nitrogens is 2. The Morgan fingerprint density at radius 2 is 1.88 bits per heavy atom. The van der Waals surface area contributed by atoms with Crippen molar-refractivity contribution in [3.63, 3.8) is 0 Å². The van der Waals surface area contributed by atoms with Crippen LogP contribution >= 0.6 is 0 Å². The molecular weight excluding hydrogens is 302 g/mol. The average molecular weight is 323 g/mol. The summed E-state index contributed by atoms with van der Waals surface area (Å²) in [4.78, 5) is 12.4. The van der Waals surface area contributed by atoms with E-state index in [0.717, 1.165) is 11.1 Å². The summed E-state index contributed by atoms with van der Waals surface area (Å²) in [5.74, 6) is 0.860. The molecule has 0 amide bonds. The van der Waals surface area contributed by atoms with Gasteiger partial charge in [-0.25, -0.2) is 4.68 Å². The average Bonchev–Trinajstić information content (AvgIpc) is 2.63. The first-order chi connectivity index (χ1) is 11.7. The van der Waals surface area contributed by atoms with Gasteiger partial charge in [-0.05, 0) is 25.1 Å². The van der Waals surface area contributed by atoms with Gasteiger partial charge in [-0.1, -0.05) is 36.4 Å². The number of hydrogen-bond donors (Lipinski definition) is 1. The third kappa shape index (κ3) is 4.00. The molecule has 0 saturated heterocycles. The molecule has 1 atom stereocenters. The molecule has 0 radical (unpaired) electrons. The van der Waals surface area contributed by atoms with Gasteiger partial charge in [-0.2, -0.15) is 5.10 Å². The van der Waals surface area contributed by atoms with Crippen LogP contribution in [-0.4, -0.2) is 29.0 Å². The van der Waals surface area contributed by atoms with Crippen molar-refractivity contribution >= 4 is 10.8 Å². The fourth-order valence-corrected chi connectivity index (χ4v) is 2.50. The van der Waals surface area contributed by atoms with Crippen LogP contribution < -0.4 is 15.6 Å². The lowest BCUT2D eigenvalue weighted by Crippen LogP contribution is -2.36. The summed E-state index contributed by atoms with van der Waals surface area (Å²) in [7, 11) is 0. The molecule has 24 heavy (non-hydrogen) atoms. The van der Waals surface area contributed by atoms with Crippen LogP contribution in [0.5, 0.6) is 5.75 Å². The lowest BCUT2D eigenvalue weighted by atomic mass is 10.2. The van der Waals surface area contributed by atoms with Gasteiger partial charge >= 0.3 is 0 Å². The fourth-order valence-electron chi connectivity index (χ4n) is 2.50. The molecule has 5 nitrogen and oxygen atoms in total. The monoisotopic (exact) mass is 323 g/mol. The van der Waals surface area contributed by atoms with Crippen LogP contribution in [0.2, 0.25) is 0 Å². The van der Waals surface area contributed by atoms with Crippen molar-refractivity contribution in [2.45, 2.75) is 19.5 Å². The van der Waals surface area contributed by atoms with Crippen molar-refractivity contribution in [1.82, 2.24) is 15.1 Å². The highest BCUT2D eigenvalue weighted by Crippen LogP contribution is 2.08. The maximum atomic E-state index is 12.4. The van der Waals surface area contributed by atoms with Crippen LogP contribution in [0, 0.1) is 0 Å². The van der Waals surface area contributed by atoms with Crippen molar-refractivity contribution in [1.29, 1.82) is 0 Å². The molecule has 0 bridgehead atoms. The van der Waals surface area contributed by atoms with E-state index < -0.39 is 0 Å². The Kier molecular flexibility index (Phi) is 5.23. The van der Waals surface area contributed by atoms with Gasteiger partial charge < -0.3 is 10.1 Å². The van der Waals surface area contributed by atoms with E-state index in [1.807, 2.05) is 54.6 Å². The fraction of sp³-hybridized carbons (Fsp3) is 0.263. The zero-order valence-electron chi connectivity index (χ0n) is 13.7. The standard InChI is InChI=1S/C19H21N3O2/c1-15(14-24-17-8-3-2-4-9-17)20-11-12-22-19(23)18-10-6-5-7-16(18)13-21-22/h2-10,13,15,20H,11-12,14H2,1H3/t15-/m1/s1. The highest BCUT2D eigenvalue weighted by atomic mass is 16.5. The second kappa shape index (κ2) is 7.75. The molecule has 0 aliphatic heterocycles. The molecule has 124 valence electrons. The maximum Gasteiger partial charge on any atom is 0.274 e. The van der Waals surface area contributed by atoms with Gasteiger partial charge in [-0.3, -0.25) is 4.79 Å². The van der Waals surface area contributed by atoms with E-state index in [-0.39, 0.29) is 11.6 Å². The first-order valence-electron chi connectivity index (χ1n) is 8.10. The molecule has 1 N–H and O–H groups in total. The van der Waals surface area contributed by atoms with Gasteiger partial charge in [0.15, 0.2) is 0 Å². The number of nitrogens with one attached hydrogen (secondary N) is 1. The second-order valence-corrected chi connectivity index (χ2v) is 5.74. The predicted molar refractivity (Wildman–Crippen MR) is 95.4 cm³/mol. The summed E-state index contributed by atoms with van der Waals surface area (Å²) < 4.78 is 7.21. The van der Waals surface area contributed by atoms with Gasteiger partial charge in [0.25, 0.3) is 5.56 Å². The molecule has 0 fully saturated rings. The summed E-state index contributed by atoms with van der Waals surface area (Å²) in [6.07, 6.45) is 1.73. The third-order valence-corrected chi connectivity index (χ3v) is 3.82. The Morgan fingerprint density at radius 1 is 1.12 bits per heavy atom. The molecule has 2 aromatic carbocycles. The summed E-state index contributed by atoms with van der Waals surface area (Å²) in [5, 5.41) is 9.16. The Hall–Kier alpha value is -2.66. The molecule has 0 unspecified atom stereocenters. The molecule has 0 aliphatic rings. The number of benzene rings is 2. The van der Waals surface area contributed by atoms with E-state index in [0.29, 0.717) is 25.1 Å². The highest BCUT2D eigenvalue weighted by Gasteiger charge is 2.05. The topological polar surface area (TPSA) is 56.1 Å². The first-order valence-corrected chi connectivity index (χ1v) is 8.10. The second-order valence-electron chi connectivity index (χ2n) is 5.74. The summed E-state index contributed by atoms with van der Waals surface area (Å²) in [6.45, 7) is 3.81. The Morgan fingerprint density at radius 3 is 2.71 bits per heavy atom. The molecule has 1 aromatic heterocycles. The van der Waals surface area contributed by atoms with Crippen molar-refractivity contribution in [2.75, 3.05) is 13.2 Å². The molecule has 1 heterocycles. The summed E-state index contributed by atoms with van der Waals surface area (Å²) >= 11 is 0. The number of rotatable bonds is 7. The van der Waals surface area contributed by atoms with Crippen LogP contribution in [0.25, 0.3) is 10.8 Å². The zero-order chi connectivity index (χ0) is 16.8. The molecule has 5 heteroatoms. The Labute approximate surface area is 140 Å². The van der Waals surface area contributed by atoms with Crippen LogP contribution in [0.4, 0.5) is 0 Å². The van der Waals surface area contributed by atoms with E-state index in [4.69, 9.17) is 4.74 Å². The quantitative estimate of drug-likeness (QED) is 0.726. The molecule has 3 rings (SSSR count). The Balaban J connectivity index is 1.51. The number of para-hydroxylation sites is 1. The van der Waals surface area contributed by atoms with Gasteiger partial charge in [0.05, 0.1) is 18.1 Å². The highest BCUT2D eigenvalue weighted by molar-refractivity contribution is 5.80. The summed E-state index contributed by atoms with van der Waals surface area (Å²) in [6, 6.07) is 17.4. The summed E-state index contributed by atoms with van der Waals surface area (Å²) in [5.41, 5.74) is -0.0527. The molecule has 0 aliphatic carbocycles. The number of ether oxygens (including phenoxy) is 1. The Bertz CT molecular complexity index is 846. The molecular formula is C19H21N3O2. The lowest BCUT2D eigenvalue weighted by molar-refractivity contribution is 0.271. The predicted octanol–water partition coefficient (Wildman–Crippen LogP) is 2.45. The van der Waals surface area contributed by atoms with Crippen molar-refractivity contribution in [3.05, 3.63) is 71.1 Å². The van der Waals surface area contributed by atoms with Crippen LogP contribution in [0.3, 0.4) is 0 Å². The van der Waals surface area contributed by atoms with E-state index in [9.17, 15) is 4.79 Å².